The molecule has 0 aliphatic heterocycles. The first-order valence-electron chi connectivity index (χ1n) is 6.46. The summed E-state index contributed by atoms with van der Waals surface area (Å²) >= 11 is 1.25. The number of aryl methyl sites for hydroxylation is 1. The maximum Gasteiger partial charge on any atom is 0.422 e. The van der Waals surface area contributed by atoms with Crippen molar-refractivity contribution in [3.63, 3.8) is 0 Å². The number of rotatable bonds is 2. The van der Waals surface area contributed by atoms with Crippen LogP contribution in [0.3, 0.4) is 0 Å². The molecule has 0 radical (unpaired) electrons. The zero-order valence-corrected chi connectivity index (χ0v) is 11.9. The minimum absolute atomic E-state index is 0.275. The molecule has 0 atom stereocenters. The van der Waals surface area contributed by atoms with Gasteiger partial charge >= 0.3 is 12.3 Å². The van der Waals surface area contributed by atoms with Crippen molar-refractivity contribution in [1.82, 2.24) is 0 Å². The van der Waals surface area contributed by atoms with Gasteiger partial charge in [-0.2, -0.15) is 18.4 Å². The van der Waals surface area contributed by atoms with E-state index in [1.807, 2.05) is 6.07 Å². The van der Waals surface area contributed by atoms with E-state index in [0.717, 1.165) is 42.5 Å². The number of carbonyl (C=O) groups excluding carboxylic acids is 1. The number of halogens is 3. The number of fused-ring (bicyclic) bond motifs is 1. The van der Waals surface area contributed by atoms with Crippen molar-refractivity contribution in [3.8, 4) is 6.07 Å². The summed E-state index contributed by atoms with van der Waals surface area (Å²) in [5, 5.41) is 11.7. The summed E-state index contributed by atoms with van der Waals surface area (Å²) in [4.78, 5) is 12.4. The van der Waals surface area contributed by atoms with Gasteiger partial charge < -0.3 is 4.74 Å². The number of ether oxygens (including phenoxy) is 1. The fourth-order valence-electron chi connectivity index (χ4n) is 2.23. The lowest BCUT2D eigenvalue weighted by atomic mass is 10.1. The molecule has 1 aliphatic rings. The van der Waals surface area contributed by atoms with Crippen LogP contribution in [0.5, 0.6) is 0 Å². The summed E-state index contributed by atoms with van der Waals surface area (Å²) in [5.74, 6) is 0. The molecule has 0 saturated carbocycles. The van der Waals surface area contributed by atoms with Crippen molar-refractivity contribution in [2.24, 2.45) is 0 Å². The van der Waals surface area contributed by atoms with Crippen molar-refractivity contribution in [3.05, 3.63) is 16.0 Å². The van der Waals surface area contributed by atoms with Gasteiger partial charge in [0, 0.05) is 4.88 Å². The molecule has 1 aromatic heterocycles. The minimum Gasteiger partial charge on any atom is -0.440 e. The first-order valence-corrected chi connectivity index (χ1v) is 7.27. The lowest BCUT2D eigenvalue weighted by molar-refractivity contribution is -0.159. The number of thiophene rings is 1. The van der Waals surface area contributed by atoms with E-state index in [4.69, 9.17) is 0 Å². The number of alkyl halides is 3. The molecule has 8 heteroatoms. The van der Waals surface area contributed by atoms with E-state index < -0.39 is 18.9 Å². The second-order valence-corrected chi connectivity index (χ2v) is 5.80. The highest BCUT2D eigenvalue weighted by Crippen LogP contribution is 2.37. The van der Waals surface area contributed by atoms with Crippen LogP contribution in [-0.4, -0.2) is 18.9 Å². The third kappa shape index (κ3) is 4.11. The van der Waals surface area contributed by atoms with E-state index in [1.54, 1.807) is 0 Å². The first kappa shape index (κ1) is 15.6. The number of hydrogen-bond donors (Lipinski definition) is 1. The Kier molecular flexibility index (Phi) is 4.73. The van der Waals surface area contributed by atoms with Crippen molar-refractivity contribution < 1.29 is 22.7 Å². The number of nitrogens with zero attached hydrogens (tertiary/aromatic N) is 1. The standard InChI is InChI=1S/C13H13F3N2O2S/c14-13(15,16)7-20-12(19)18-11-9(6-17)8-4-2-1-3-5-10(8)21-11/h1-5,7H2,(H,18,19). The van der Waals surface area contributed by atoms with E-state index in [1.165, 1.54) is 11.3 Å². The van der Waals surface area contributed by atoms with Crippen LogP contribution in [0.25, 0.3) is 0 Å². The normalized spacial score (nSPS) is 14.8. The molecule has 1 N–H and O–H groups in total. The monoisotopic (exact) mass is 318 g/mol. The molecule has 2 rings (SSSR count). The highest BCUT2D eigenvalue weighted by atomic mass is 32.1. The summed E-state index contributed by atoms with van der Waals surface area (Å²) in [6.07, 6.45) is -1.11. The molecule has 1 amide bonds. The van der Waals surface area contributed by atoms with E-state index in [2.05, 4.69) is 10.1 Å². The topological polar surface area (TPSA) is 62.1 Å². The van der Waals surface area contributed by atoms with E-state index >= 15 is 0 Å². The molecule has 4 nitrogen and oxygen atoms in total. The van der Waals surface area contributed by atoms with Gasteiger partial charge in [-0.3, -0.25) is 5.32 Å². The van der Waals surface area contributed by atoms with Crippen LogP contribution < -0.4 is 5.32 Å². The molecule has 0 spiro atoms. The molecule has 1 aliphatic carbocycles. The predicted octanol–water partition coefficient (Wildman–Crippen LogP) is 4.00. The molecule has 0 saturated heterocycles. The Morgan fingerprint density at radius 1 is 1.33 bits per heavy atom. The molecule has 1 aromatic rings. The minimum atomic E-state index is -4.57. The molecule has 0 aromatic carbocycles. The van der Waals surface area contributed by atoms with Crippen molar-refractivity contribution >= 4 is 22.4 Å². The molecule has 21 heavy (non-hydrogen) atoms. The molecule has 0 fully saturated rings. The smallest absolute Gasteiger partial charge is 0.422 e. The quantitative estimate of drug-likeness (QED) is 0.838. The molecular formula is C13H13F3N2O2S. The van der Waals surface area contributed by atoms with Gasteiger partial charge in [-0.25, -0.2) is 4.79 Å². The Labute approximate surface area is 123 Å². The predicted molar refractivity (Wildman–Crippen MR) is 71.3 cm³/mol. The summed E-state index contributed by atoms with van der Waals surface area (Å²) in [6, 6.07) is 2.03. The molecule has 0 unspecified atom stereocenters. The Bertz CT molecular complexity index is 575. The highest BCUT2D eigenvalue weighted by Gasteiger charge is 2.30. The number of nitrogens with one attached hydrogen (secondary N) is 1. The largest absolute Gasteiger partial charge is 0.440 e. The molecular weight excluding hydrogens is 305 g/mol. The first-order chi connectivity index (χ1) is 9.90. The average molecular weight is 318 g/mol. The van der Waals surface area contributed by atoms with Crippen LogP contribution in [0, 0.1) is 11.3 Å². The maximum absolute atomic E-state index is 12.0. The van der Waals surface area contributed by atoms with Gasteiger partial charge in [0.2, 0.25) is 0 Å². The van der Waals surface area contributed by atoms with Crippen LogP contribution >= 0.6 is 11.3 Å². The Morgan fingerprint density at radius 3 is 2.71 bits per heavy atom. The summed E-state index contributed by atoms with van der Waals surface area (Å²) < 4.78 is 40.0. The number of amides is 1. The van der Waals surface area contributed by atoms with Gasteiger partial charge in [-0.15, -0.1) is 11.3 Å². The summed E-state index contributed by atoms with van der Waals surface area (Å²) in [7, 11) is 0. The van der Waals surface area contributed by atoms with Gasteiger partial charge in [-0.05, 0) is 31.2 Å². The van der Waals surface area contributed by atoms with Gasteiger partial charge in [-0.1, -0.05) is 6.42 Å². The van der Waals surface area contributed by atoms with Crippen molar-refractivity contribution in [2.45, 2.75) is 38.3 Å². The zero-order chi connectivity index (χ0) is 15.5. The fourth-order valence-corrected chi connectivity index (χ4v) is 3.45. The SMILES string of the molecule is N#Cc1c(NC(=O)OCC(F)(F)F)sc2c1CCCCC2. The van der Waals surface area contributed by atoms with Crippen molar-refractivity contribution in [1.29, 1.82) is 5.26 Å². The number of carbonyl (C=O) groups is 1. The summed E-state index contributed by atoms with van der Waals surface area (Å²) in [5.41, 5.74) is 1.26. The Hall–Kier alpha value is -1.75. The van der Waals surface area contributed by atoms with Crippen LogP contribution in [0.4, 0.5) is 23.0 Å². The second kappa shape index (κ2) is 6.35. The zero-order valence-electron chi connectivity index (χ0n) is 11.0. The van der Waals surface area contributed by atoms with Crippen LogP contribution in [0.1, 0.15) is 35.3 Å². The number of hydrogen-bond acceptors (Lipinski definition) is 4. The highest BCUT2D eigenvalue weighted by molar-refractivity contribution is 7.16. The van der Waals surface area contributed by atoms with Crippen LogP contribution in [-0.2, 0) is 17.6 Å². The number of anilines is 1. The van der Waals surface area contributed by atoms with Gasteiger partial charge in [0.15, 0.2) is 6.61 Å². The lowest BCUT2D eigenvalue weighted by Crippen LogP contribution is -2.23. The maximum atomic E-state index is 12.0. The van der Waals surface area contributed by atoms with E-state index in [9.17, 15) is 23.2 Å². The van der Waals surface area contributed by atoms with E-state index in [-0.39, 0.29) is 5.00 Å². The fraction of sp³-hybridized carbons (Fsp3) is 0.538. The lowest BCUT2D eigenvalue weighted by Gasteiger charge is -2.08. The molecule has 114 valence electrons. The average Bonchev–Trinajstić information content (AvgIpc) is 2.57. The molecule has 0 bridgehead atoms. The van der Waals surface area contributed by atoms with Gasteiger partial charge in [0.25, 0.3) is 0 Å². The van der Waals surface area contributed by atoms with Crippen LogP contribution in [0.15, 0.2) is 0 Å². The second-order valence-electron chi connectivity index (χ2n) is 4.70. The Balaban J connectivity index is 2.10. The summed E-state index contributed by atoms with van der Waals surface area (Å²) in [6.45, 7) is -1.65. The van der Waals surface area contributed by atoms with Gasteiger partial charge in [0.1, 0.15) is 11.1 Å². The third-order valence-electron chi connectivity index (χ3n) is 3.12. The van der Waals surface area contributed by atoms with Gasteiger partial charge in [0.05, 0.1) is 5.56 Å². The Morgan fingerprint density at radius 2 is 2.05 bits per heavy atom. The van der Waals surface area contributed by atoms with E-state index in [0.29, 0.717) is 5.56 Å². The van der Waals surface area contributed by atoms with Crippen molar-refractivity contribution in [2.75, 3.05) is 11.9 Å². The van der Waals surface area contributed by atoms with Crippen LogP contribution in [0.2, 0.25) is 0 Å². The molecule has 1 heterocycles. The third-order valence-corrected chi connectivity index (χ3v) is 4.32. The number of nitriles is 1.